The summed E-state index contributed by atoms with van der Waals surface area (Å²) in [4.78, 5) is 20.4. The molecule has 122 valence electrons. The van der Waals surface area contributed by atoms with Gasteiger partial charge in [0.15, 0.2) is 5.16 Å². The molecule has 6 nitrogen and oxygen atoms in total. The summed E-state index contributed by atoms with van der Waals surface area (Å²) >= 11 is 1.27. The molecule has 1 aromatic carbocycles. The lowest BCUT2D eigenvalue weighted by Gasteiger charge is -2.04. The van der Waals surface area contributed by atoms with Crippen molar-refractivity contribution in [2.45, 2.75) is 25.9 Å². The summed E-state index contributed by atoms with van der Waals surface area (Å²) < 4.78 is 0. The zero-order valence-corrected chi connectivity index (χ0v) is 14.5. The average Bonchev–Trinajstić information content (AvgIpc) is 2.57. The SMILES string of the molecule is CC(=NNC(=O)CSc1nc(C)cc(C)n1)c1ccc(C#N)cc1. The Morgan fingerprint density at radius 3 is 2.46 bits per heavy atom. The van der Waals surface area contributed by atoms with Crippen molar-refractivity contribution in [3.05, 3.63) is 52.8 Å². The zero-order chi connectivity index (χ0) is 17.5. The van der Waals surface area contributed by atoms with Gasteiger partial charge in [-0.1, -0.05) is 23.9 Å². The van der Waals surface area contributed by atoms with Gasteiger partial charge < -0.3 is 0 Å². The van der Waals surface area contributed by atoms with E-state index in [9.17, 15) is 4.79 Å². The van der Waals surface area contributed by atoms with Crippen LogP contribution in [0.2, 0.25) is 0 Å². The molecular weight excluding hydrogens is 322 g/mol. The molecule has 0 radical (unpaired) electrons. The normalized spacial score (nSPS) is 11.0. The molecule has 0 aliphatic heterocycles. The van der Waals surface area contributed by atoms with E-state index in [-0.39, 0.29) is 11.7 Å². The second-order valence-electron chi connectivity index (χ2n) is 5.14. The second kappa shape index (κ2) is 8.22. The monoisotopic (exact) mass is 339 g/mol. The Hall–Kier alpha value is -2.72. The fourth-order valence-corrected chi connectivity index (χ4v) is 2.66. The minimum Gasteiger partial charge on any atom is -0.272 e. The summed E-state index contributed by atoms with van der Waals surface area (Å²) in [6.45, 7) is 5.58. The predicted octanol–water partition coefficient (Wildman–Crippen LogP) is 2.60. The van der Waals surface area contributed by atoms with Crippen LogP contribution in [0.5, 0.6) is 0 Å². The van der Waals surface area contributed by atoms with Gasteiger partial charge in [-0.2, -0.15) is 10.4 Å². The average molecular weight is 339 g/mol. The van der Waals surface area contributed by atoms with Crippen LogP contribution < -0.4 is 5.43 Å². The number of hydrazone groups is 1. The molecule has 7 heteroatoms. The number of nitriles is 1. The van der Waals surface area contributed by atoms with Crippen molar-refractivity contribution in [2.75, 3.05) is 5.75 Å². The van der Waals surface area contributed by atoms with Crippen molar-refractivity contribution in [1.82, 2.24) is 15.4 Å². The molecule has 1 aromatic heterocycles. The Morgan fingerprint density at radius 1 is 1.25 bits per heavy atom. The Balaban J connectivity index is 1.90. The van der Waals surface area contributed by atoms with E-state index in [1.54, 1.807) is 31.2 Å². The minimum absolute atomic E-state index is 0.188. The smallest absolute Gasteiger partial charge is 0.250 e. The number of hydrogen-bond donors (Lipinski definition) is 1. The van der Waals surface area contributed by atoms with Crippen LogP contribution in [0.15, 0.2) is 40.6 Å². The van der Waals surface area contributed by atoms with Gasteiger partial charge in [0.05, 0.1) is 23.1 Å². The summed E-state index contributed by atoms with van der Waals surface area (Å²) in [5, 5.41) is 13.4. The third-order valence-corrected chi connectivity index (χ3v) is 3.92. The zero-order valence-electron chi connectivity index (χ0n) is 13.7. The van der Waals surface area contributed by atoms with E-state index >= 15 is 0 Å². The van der Waals surface area contributed by atoms with Crippen LogP contribution in [-0.2, 0) is 4.79 Å². The van der Waals surface area contributed by atoms with E-state index in [0.29, 0.717) is 16.4 Å². The molecule has 2 aromatic rings. The molecule has 24 heavy (non-hydrogen) atoms. The molecule has 0 unspecified atom stereocenters. The van der Waals surface area contributed by atoms with E-state index in [2.05, 4.69) is 26.6 Å². The van der Waals surface area contributed by atoms with Gasteiger partial charge in [0.25, 0.3) is 5.91 Å². The first kappa shape index (κ1) is 17.6. The third kappa shape index (κ3) is 5.18. The molecule has 0 spiro atoms. The molecule has 0 bridgehead atoms. The fourth-order valence-electron chi connectivity index (χ4n) is 1.92. The highest BCUT2D eigenvalue weighted by atomic mass is 32.2. The highest BCUT2D eigenvalue weighted by molar-refractivity contribution is 7.99. The van der Waals surface area contributed by atoms with Crippen LogP contribution in [0, 0.1) is 25.2 Å². The van der Waals surface area contributed by atoms with Crippen molar-refractivity contribution in [2.24, 2.45) is 5.10 Å². The molecule has 1 heterocycles. The Morgan fingerprint density at radius 2 is 1.88 bits per heavy atom. The first-order valence-electron chi connectivity index (χ1n) is 7.26. The third-order valence-electron chi connectivity index (χ3n) is 3.07. The standard InChI is InChI=1S/C17H17N5OS/c1-11-8-12(2)20-17(19-11)24-10-16(23)22-21-13(3)15-6-4-14(9-18)5-7-15/h4-8H,10H2,1-3H3,(H,22,23). The van der Waals surface area contributed by atoms with Gasteiger partial charge in [0.1, 0.15) is 0 Å². The number of benzene rings is 1. The van der Waals surface area contributed by atoms with Gasteiger partial charge in [-0.25, -0.2) is 15.4 Å². The highest BCUT2D eigenvalue weighted by Crippen LogP contribution is 2.13. The molecule has 0 saturated carbocycles. The van der Waals surface area contributed by atoms with Gasteiger partial charge in [0, 0.05) is 11.4 Å². The lowest BCUT2D eigenvalue weighted by Crippen LogP contribution is -2.21. The number of carbonyl (C=O) groups excluding carboxylic acids is 1. The van der Waals surface area contributed by atoms with E-state index in [4.69, 9.17) is 5.26 Å². The molecule has 0 aliphatic rings. The summed E-state index contributed by atoms with van der Waals surface area (Å²) in [5.41, 5.74) is 6.36. The van der Waals surface area contributed by atoms with Crippen LogP contribution in [0.3, 0.4) is 0 Å². The number of nitrogens with one attached hydrogen (secondary N) is 1. The van der Waals surface area contributed by atoms with Crippen molar-refractivity contribution < 1.29 is 4.79 Å². The molecule has 0 fully saturated rings. The highest BCUT2D eigenvalue weighted by Gasteiger charge is 2.06. The number of carbonyl (C=O) groups is 1. The summed E-state index contributed by atoms with van der Waals surface area (Å²) in [6, 6.07) is 11.0. The lowest BCUT2D eigenvalue weighted by atomic mass is 10.1. The van der Waals surface area contributed by atoms with Crippen molar-refractivity contribution in [1.29, 1.82) is 5.26 Å². The number of aryl methyl sites for hydroxylation is 2. The molecule has 0 atom stereocenters. The van der Waals surface area contributed by atoms with Crippen LogP contribution in [0.25, 0.3) is 0 Å². The Kier molecular flexibility index (Phi) is 6.04. The number of aromatic nitrogens is 2. The van der Waals surface area contributed by atoms with Gasteiger partial charge in [-0.15, -0.1) is 0 Å². The number of hydrogen-bond acceptors (Lipinski definition) is 6. The van der Waals surface area contributed by atoms with E-state index < -0.39 is 0 Å². The molecule has 2 rings (SSSR count). The van der Waals surface area contributed by atoms with Gasteiger partial charge in [0.2, 0.25) is 0 Å². The summed E-state index contributed by atoms with van der Waals surface area (Å²) in [5.74, 6) is -0.0386. The largest absolute Gasteiger partial charge is 0.272 e. The van der Waals surface area contributed by atoms with Gasteiger partial charge >= 0.3 is 0 Å². The minimum atomic E-state index is -0.226. The molecular formula is C17H17N5OS. The molecule has 1 N–H and O–H groups in total. The Bertz CT molecular complexity index is 788. The lowest BCUT2D eigenvalue weighted by molar-refractivity contribution is -0.118. The maximum atomic E-state index is 11.9. The fraction of sp³-hybridized carbons (Fsp3) is 0.235. The molecule has 0 aliphatic carbocycles. The maximum Gasteiger partial charge on any atom is 0.250 e. The Labute approximate surface area is 145 Å². The van der Waals surface area contributed by atoms with E-state index in [1.807, 2.05) is 19.9 Å². The summed E-state index contributed by atoms with van der Waals surface area (Å²) in [6.07, 6.45) is 0. The van der Waals surface area contributed by atoms with Crippen molar-refractivity contribution >= 4 is 23.4 Å². The maximum absolute atomic E-state index is 11.9. The second-order valence-corrected chi connectivity index (χ2v) is 6.09. The van der Waals surface area contributed by atoms with Crippen LogP contribution >= 0.6 is 11.8 Å². The van der Waals surface area contributed by atoms with Crippen molar-refractivity contribution in [3.63, 3.8) is 0 Å². The van der Waals surface area contributed by atoms with Crippen LogP contribution in [0.4, 0.5) is 0 Å². The van der Waals surface area contributed by atoms with Gasteiger partial charge in [-0.05, 0) is 44.5 Å². The molecule has 0 saturated heterocycles. The number of nitrogens with zero attached hydrogens (tertiary/aromatic N) is 4. The topological polar surface area (TPSA) is 91.0 Å². The number of rotatable bonds is 5. The van der Waals surface area contributed by atoms with Crippen molar-refractivity contribution in [3.8, 4) is 6.07 Å². The first-order valence-corrected chi connectivity index (χ1v) is 8.25. The van der Waals surface area contributed by atoms with Gasteiger partial charge in [-0.3, -0.25) is 4.79 Å². The quantitative estimate of drug-likeness (QED) is 0.391. The number of amides is 1. The molecule has 1 amide bonds. The first-order chi connectivity index (χ1) is 11.5. The number of thioether (sulfide) groups is 1. The van der Waals surface area contributed by atoms with E-state index in [0.717, 1.165) is 17.0 Å². The predicted molar refractivity (Wildman–Crippen MR) is 93.7 cm³/mol. The van der Waals surface area contributed by atoms with Crippen LogP contribution in [-0.4, -0.2) is 27.3 Å². The summed E-state index contributed by atoms with van der Waals surface area (Å²) in [7, 11) is 0. The van der Waals surface area contributed by atoms with E-state index in [1.165, 1.54) is 11.8 Å². The van der Waals surface area contributed by atoms with Crippen LogP contribution in [0.1, 0.15) is 29.4 Å².